The molecule has 1 aliphatic carbocycles. The summed E-state index contributed by atoms with van der Waals surface area (Å²) >= 11 is 0. The Bertz CT molecular complexity index is 502. The first kappa shape index (κ1) is 14.9. The van der Waals surface area contributed by atoms with Crippen LogP contribution in [-0.2, 0) is 6.54 Å². The van der Waals surface area contributed by atoms with Crippen molar-refractivity contribution in [1.82, 2.24) is 5.32 Å². The molecular formula is C17H24N2O. The molecule has 3 nitrogen and oxygen atoms in total. The number of nitrogens with one attached hydrogen (secondary N) is 1. The first-order valence-corrected chi connectivity index (χ1v) is 7.37. The summed E-state index contributed by atoms with van der Waals surface area (Å²) in [6, 6.07) is 8.51. The normalized spacial score (nSPS) is 21.2. The fourth-order valence-electron chi connectivity index (χ4n) is 3.05. The third-order valence-electron chi connectivity index (χ3n) is 4.45. The zero-order valence-electron chi connectivity index (χ0n) is 12.7. The van der Waals surface area contributed by atoms with Gasteiger partial charge in [-0.3, -0.25) is 0 Å². The average Bonchev–Trinajstić information content (AvgIpc) is 2.45. The summed E-state index contributed by atoms with van der Waals surface area (Å²) in [5.41, 5.74) is 2.13. The summed E-state index contributed by atoms with van der Waals surface area (Å²) in [5.74, 6) is 0.662. The lowest BCUT2D eigenvalue weighted by Crippen LogP contribution is -2.43. The second kappa shape index (κ2) is 6.28. The lowest BCUT2D eigenvalue weighted by molar-refractivity contribution is 0.166. The van der Waals surface area contributed by atoms with Gasteiger partial charge in [-0.2, -0.15) is 5.26 Å². The second-order valence-corrected chi connectivity index (χ2v) is 6.31. The molecule has 1 aromatic carbocycles. The van der Waals surface area contributed by atoms with Gasteiger partial charge in [0, 0.05) is 12.6 Å². The third kappa shape index (κ3) is 3.32. The molecule has 1 fully saturated rings. The minimum atomic E-state index is 0.370. The molecule has 0 radical (unpaired) electrons. The zero-order valence-corrected chi connectivity index (χ0v) is 12.7. The standard InChI is InChI=1S/C17H24N2O/c1-17(2)9-5-4-6-16(17)19-12-13-7-8-14(11-18)15(10-13)20-3/h7-8,10,16,19H,4-6,9,12H2,1-3H3. The molecule has 1 aromatic rings. The van der Waals surface area contributed by atoms with Crippen LogP contribution in [0, 0.1) is 16.7 Å². The number of rotatable bonds is 4. The van der Waals surface area contributed by atoms with Crippen LogP contribution in [0.4, 0.5) is 0 Å². The largest absolute Gasteiger partial charge is 0.495 e. The van der Waals surface area contributed by atoms with Gasteiger partial charge in [0.2, 0.25) is 0 Å². The smallest absolute Gasteiger partial charge is 0.136 e. The second-order valence-electron chi connectivity index (χ2n) is 6.31. The van der Waals surface area contributed by atoms with Crippen molar-refractivity contribution >= 4 is 0 Å². The Balaban J connectivity index is 2.02. The van der Waals surface area contributed by atoms with Crippen molar-refractivity contribution in [3.63, 3.8) is 0 Å². The molecule has 0 saturated heterocycles. The maximum atomic E-state index is 9.00. The fourth-order valence-corrected chi connectivity index (χ4v) is 3.05. The van der Waals surface area contributed by atoms with Gasteiger partial charge in [-0.15, -0.1) is 0 Å². The van der Waals surface area contributed by atoms with Crippen LogP contribution in [0.25, 0.3) is 0 Å². The van der Waals surface area contributed by atoms with Gasteiger partial charge in [0.15, 0.2) is 0 Å². The highest BCUT2D eigenvalue weighted by molar-refractivity contribution is 5.45. The topological polar surface area (TPSA) is 45.0 Å². The molecule has 1 saturated carbocycles. The maximum absolute atomic E-state index is 9.00. The summed E-state index contributed by atoms with van der Waals surface area (Å²) in [6.45, 7) is 5.53. The molecule has 0 amide bonds. The summed E-state index contributed by atoms with van der Waals surface area (Å²) in [6.07, 6.45) is 5.20. The van der Waals surface area contributed by atoms with E-state index in [0.717, 1.165) is 6.54 Å². The van der Waals surface area contributed by atoms with Crippen molar-refractivity contribution in [3.05, 3.63) is 29.3 Å². The average molecular weight is 272 g/mol. The van der Waals surface area contributed by atoms with Crippen molar-refractivity contribution in [2.45, 2.75) is 52.1 Å². The van der Waals surface area contributed by atoms with Gasteiger partial charge < -0.3 is 10.1 Å². The first-order valence-electron chi connectivity index (χ1n) is 7.37. The van der Waals surface area contributed by atoms with Crippen LogP contribution in [0.15, 0.2) is 18.2 Å². The molecule has 1 N–H and O–H groups in total. The fraction of sp³-hybridized carbons (Fsp3) is 0.588. The summed E-state index contributed by atoms with van der Waals surface area (Å²) < 4.78 is 5.26. The van der Waals surface area contributed by atoms with E-state index in [1.165, 1.54) is 31.2 Å². The number of nitrogens with zero attached hydrogens (tertiary/aromatic N) is 1. The number of nitriles is 1. The van der Waals surface area contributed by atoms with Gasteiger partial charge in [0.25, 0.3) is 0 Å². The van der Waals surface area contributed by atoms with E-state index in [-0.39, 0.29) is 0 Å². The number of benzene rings is 1. The van der Waals surface area contributed by atoms with Gasteiger partial charge in [-0.1, -0.05) is 32.8 Å². The predicted octanol–water partition coefficient (Wildman–Crippen LogP) is 3.63. The molecule has 0 aliphatic heterocycles. The monoisotopic (exact) mass is 272 g/mol. The molecule has 20 heavy (non-hydrogen) atoms. The Morgan fingerprint density at radius 1 is 1.40 bits per heavy atom. The Morgan fingerprint density at radius 2 is 2.20 bits per heavy atom. The minimum absolute atomic E-state index is 0.370. The summed E-state index contributed by atoms with van der Waals surface area (Å²) in [5, 5.41) is 12.7. The lowest BCUT2D eigenvalue weighted by atomic mass is 9.73. The van der Waals surface area contributed by atoms with Crippen LogP contribution >= 0.6 is 0 Å². The molecule has 0 aromatic heterocycles. The van der Waals surface area contributed by atoms with E-state index in [9.17, 15) is 0 Å². The van der Waals surface area contributed by atoms with Crippen LogP contribution in [0.3, 0.4) is 0 Å². The lowest BCUT2D eigenvalue weighted by Gasteiger charge is -2.39. The number of hydrogen-bond acceptors (Lipinski definition) is 3. The highest BCUT2D eigenvalue weighted by Gasteiger charge is 2.31. The van der Waals surface area contributed by atoms with Crippen molar-refractivity contribution in [2.75, 3.05) is 7.11 Å². The highest BCUT2D eigenvalue weighted by Crippen LogP contribution is 2.35. The molecule has 0 heterocycles. The maximum Gasteiger partial charge on any atom is 0.136 e. The van der Waals surface area contributed by atoms with Gasteiger partial charge in [0.1, 0.15) is 11.8 Å². The molecule has 1 atom stereocenters. The van der Waals surface area contributed by atoms with Gasteiger partial charge >= 0.3 is 0 Å². The number of hydrogen-bond donors (Lipinski definition) is 1. The molecule has 3 heteroatoms. The Morgan fingerprint density at radius 3 is 2.85 bits per heavy atom. The summed E-state index contributed by atoms with van der Waals surface area (Å²) in [7, 11) is 1.61. The van der Waals surface area contributed by atoms with Gasteiger partial charge in [-0.25, -0.2) is 0 Å². The van der Waals surface area contributed by atoms with Crippen molar-refractivity contribution in [2.24, 2.45) is 5.41 Å². The molecule has 0 bridgehead atoms. The quantitative estimate of drug-likeness (QED) is 0.910. The predicted molar refractivity (Wildman–Crippen MR) is 80.6 cm³/mol. The minimum Gasteiger partial charge on any atom is -0.495 e. The van der Waals surface area contributed by atoms with Crippen LogP contribution in [0.2, 0.25) is 0 Å². The SMILES string of the molecule is COc1cc(CNC2CCCCC2(C)C)ccc1C#N. The molecule has 2 rings (SSSR count). The van der Waals surface area contributed by atoms with Crippen molar-refractivity contribution in [3.8, 4) is 11.8 Å². The summed E-state index contributed by atoms with van der Waals surface area (Å²) in [4.78, 5) is 0. The highest BCUT2D eigenvalue weighted by atomic mass is 16.5. The molecular weight excluding hydrogens is 248 g/mol. The molecule has 1 aliphatic rings. The molecule has 108 valence electrons. The van der Waals surface area contributed by atoms with Gasteiger partial charge in [0.05, 0.1) is 12.7 Å². The number of ether oxygens (including phenoxy) is 1. The van der Waals surface area contributed by atoms with Crippen LogP contribution in [0.1, 0.15) is 50.7 Å². The van der Waals surface area contributed by atoms with Crippen LogP contribution in [-0.4, -0.2) is 13.2 Å². The van der Waals surface area contributed by atoms with Crippen molar-refractivity contribution < 1.29 is 4.74 Å². The van der Waals surface area contributed by atoms with E-state index in [2.05, 4.69) is 25.2 Å². The van der Waals surface area contributed by atoms with Crippen LogP contribution in [0.5, 0.6) is 5.75 Å². The Labute approximate surface area is 121 Å². The molecule has 0 spiro atoms. The van der Waals surface area contributed by atoms with E-state index in [1.807, 2.05) is 18.2 Å². The van der Waals surface area contributed by atoms with Crippen molar-refractivity contribution in [1.29, 1.82) is 5.26 Å². The van der Waals surface area contributed by atoms with E-state index in [1.54, 1.807) is 7.11 Å². The van der Waals surface area contributed by atoms with E-state index in [4.69, 9.17) is 10.00 Å². The Hall–Kier alpha value is -1.53. The Kier molecular flexibility index (Phi) is 4.67. The first-order chi connectivity index (χ1) is 9.56. The van der Waals surface area contributed by atoms with E-state index >= 15 is 0 Å². The van der Waals surface area contributed by atoms with Crippen LogP contribution < -0.4 is 10.1 Å². The van der Waals surface area contributed by atoms with E-state index in [0.29, 0.717) is 22.8 Å². The zero-order chi connectivity index (χ0) is 14.6. The van der Waals surface area contributed by atoms with Gasteiger partial charge in [-0.05, 0) is 36.0 Å². The molecule has 1 unspecified atom stereocenters. The third-order valence-corrected chi connectivity index (χ3v) is 4.45. The number of methoxy groups -OCH3 is 1. The van der Waals surface area contributed by atoms with E-state index < -0.39 is 0 Å².